The number of aliphatic hydroxyl groups excluding tert-OH is 1. The Morgan fingerprint density at radius 1 is 0.935 bits per heavy atom. The van der Waals surface area contributed by atoms with Crippen LogP contribution in [0.2, 0.25) is 0 Å². The van der Waals surface area contributed by atoms with E-state index in [2.05, 4.69) is 4.98 Å². The third-order valence-corrected chi connectivity index (χ3v) is 6.24. The fourth-order valence-electron chi connectivity index (χ4n) is 3.52. The summed E-state index contributed by atoms with van der Waals surface area (Å²) >= 11 is 1.60. The summed E-state index contributed by atoms with van der Waals surface area (Å²) in [7, 11) is 0. The first-order valence-electron chi connectivity index (χ1n) is 9.92. The molecule has 4 rings (SSSR count). The van der Waals surface area contributed by atoms with Crippen LogP contribution in [0.4, 0.5) is 13.2 Å². The molecule has 0 saturated heterocycles. The van der Waals surface area contributed by atoms with E-state index >= 15 is 0 Å². The molecule has 1 unspecified atom stereocenters. The van der Waals surface area contributed by atoms with Gasteiger partial charge in [0.1, 0.15) is 5.82 Å². The maximum absolute atomic E-state index is 13.3. The third-order valence-electron chi connectivity index (χ3n) is 4.98. The van der Waals surface area contributed by atoms with Crippen molar-refractivity contribution in [2.45, 2.75) is 29.3 Å². The van der Waals surface area contributed by atoms with Crippen LogP contribution in [0.1, 0.15) is 28.6 Å². The number of fused-ring (bicyclic) bond motifs is 1. The predicted molar refractivity (Wildman–Crippen MR) is 117 cm³/mol. The molecule has 0 bridgehead atoms. The van der Waals surface area contributed by atoms with Crippen molar-refractivity contribution in [1.82, 2.24) is 9.55 Å². The number of imidazole rings is 1. The molecular weight excluding hydrogens is 421 g/mol. The molecule has 0 aliphatic heterocycles. The number of nitrogens with zero attached hydrogens (tertiary/aromatic N) is 2. The summed E-state index contributed by atoms with van der Waals surface area (Å²) in [6.45, 7) is 0.452. The minimum atomic E-state index is -4.43. The summed E-state index contributed by atoms with van der Waals surface area (Å²) in [6, 6.07) is 23.3. The largest absolute Gasteiger partial charge is 0.416 e. The molecule has 160 valence electrons. The van der Waals surface area contributed by atoms with Crippen molar-refractivity contribution >= 4 is 22.8 Å². The van der Waals surface area contributed by atoms with Crippen molar-refractivity contribution in [3.05, 3.63) is 95.8 Å². The Morgan fingerprint density at radius 3 is 2.26 bits per heavy atom. The molecule has 1 atom stereocenters. The molecule has 4 aromatic rings. The Kier molecular flexibility index (Phi) is 6.34. The highest BCUT2D eigenvalue weighted by atomic mass is 32.2. The fourth-order valence-corrected chi connectivity index (χ4v) is 4.69. The Morgan fingerprint density at radius 2 is 1.61 bits per heavy atom. The van der Waals surface area contributed by atoms with Gasteiger partial charge in [-0.1, -0.05) is 48.5 Å². The van der Waals surface area contributed by atoms with Gasteiger partial charge in [-0.25, -0.2) is 4.98 Å². The molecule has 0 fully saturated rings. The molecule has 0 radical (unpaired) electrons. The highest BCUT2D eigenvalue weighted by Gasteiger charge is 2.31. The van der Waals surface area contributed by atoms with Gasteiger partial charge in [-0.15, -0.1) is 11.8 Å². The van der Waals surface area contributed by atoms with Gasteiger partial charge in [0.15, 0.2) is 0 Å². The number of benzene rings is 3. The zero-order valence-electron chi connectivity index (χ0n) is 16.6. The van der Waals surface area contributed by atoms with E-state index in [-0.39, 0.29) is 11.9 Å². The second-order valence-electron chi connectivity index (χ2n) is 7.12. The van der Waals surface area contributed by atoms with Crippen LogP contribution in [-0.2, 0) is 12.7 Å². The van der Waals surface area contributed by atoms with Crippen molar-refractivity contribution in [3.8, 4) is 0 Å². The lowest BCUT2D eigenvalue weighted by atomic mass is 10.1. The van der Waals surface area contributed by atoms with Crippen LogP contribution in [0, 0.1) is 0 Å². The lowest BCUT2D eigenvalue weighted by Crippen LogP contribution is -2.10. The van der Waals surface area contributed by atoms with E-state index in [1.807, 2.05) is 65.2 Å². The van der Waals surface area contributed by atoms with E-state index in [1.54, 1.807) is 11.8 Å². The van der Waals surface area contributed by atoms with Gasteiger partial charge in [-0.05, 0) is 42.3 Å². The lowest BCUT2D eigenvalue weighted by Gasteiger charge is -2.19. The summed E-state index contributed by atoms with van der Waals surface area (Å²) in [4.78, 5) is 5.71. The van der Waals surface area contributed by atoms with E-state index in [9.17, 15) is 18.3 Å². The SMILES string of the molecule is OCCCn1c(C(Sc2ccccc2)c2ccccc2)nc2cc(C(F)(F)F)ccc21. The third kappa shape index (κ3) is 4.78. The normalized spacial score (nSPS) is 12.9. The number of aliphatic hydroxyl groups is 1. The number of hydrogen-bond acceptors (Lipinski definition) is 3. The molecule has 7 heteroatoms. The van der Waals surface area contributed by atoms with Crippen LogP contribution in [0.3, 0.4) is 0 Å². The number of hydrogen-bond donors (Lipinski definition) is 1. The van der Waals surface area contributed by atoms with Crippen LogP contribution in [0.25, 0.3) is 11.0 Å². The van der Waals surface area contributed by atoms with Crippen LogP contribution >= 0.6 is 11.8 Å². The summed E-state index contributed by atoms with van der Waals surface area (Å²) in [5.74, 6) is 0.669. The van der Waals surface area contributed by atoms with Gasteiger partial charge < -0.3 is 9.67 Å². The van der Waals surface area contributed by atoms with Gasteiger partial charge in [0.25, 0.3) is 0 Å². The minimum Gasteiger partial charge on any atom is -0.396 e. The van der Waals surface area contributed by atoms with Crippen molar-refractivity contribution in [2.75, 3.05) is 6.61 Å². The van der Waals surface area contributed by atoms with Crippen molar-refractivity contribution < 1.29 is 18.3 Å². The fraction of sp³-hybridized carbons (Fsp3) is 0.208. The first-order valence-corrected chi connectivity index (χ1v) is 10.8. The summed E-state index contributed by atoms with van der Waals surface area (Å²) in [6.07, 6.45) is -3.95. The van der Waals surface area contributed by atoms with E-state index in [1.165, 1.54) is 6.07 Å². The Bertz CT molecular complexity index is 1140. The summed E-state index contributed by atoms with van der Waals surface area (Å²) in [5.41, 5.74) is 1.22. The average molecular weight is 443 g/mol. The van der Waals surface area contributed by atoms with Crippen LogP contribution in [0.5, 0.6) is 0 Å². The molecule has 3 aromatic carbocycles. The Labute approximate surface area is 182 Å². The molecule has 3 nitrogen and oxygen atoms in total. The van der Waals surface area contributed by atoms with Gasteiger partial charge in [-0.2, -0.15) is 13.2 Å². The van der Waals surface area contributed by atoms with E-state index in [0.717, 1.165) is 22.6 Å². The van der Waals surface area contributed by atoms with Gasteiger partial charge in [0.05, 0.1) is 21.8 Å². The monoisotopic (exact) mass is 442 g/mol. The van der Waals surface area contributed by atoms with Gasteiger partial charge >= 0.3 is 6.18 Å². The first kappa shape index (κ1) is 21.5. The van der Waals surface area contributed by atoms with Crippen LogP contribution in [-0.4, -0.2) is 21.3 Å². The standard InChI is InChI=1S/C24H21F3N2OS/c25-24(26,27)18-12-13-21-20(16-18)28-23(29(21)14-7-15-30)22(17-8-3-1-4-9-17)31-19-10-5-2-6-11-19/h1-6,8-13,16,22,30H,7,14-15H2. The van der Waals surface area contributed by atoms with E-state index in [0.29, 0.717) is 29.8 Å². The predicted octanol–water partition coefficient (Wildman–Crippen LogP) is 6.32. The second kappa shape index (κ2) is 9.16. The van der Waals surface area contributed by atoms with Crippen LogP contribution in [0.15, 0.2) is 83.8 Å². The highest BCUT2D eigenvalue weighted by molar-refractivity contribution is 7.99. The molecule has 1 heterocycles. The molecular formula is C24H21F3N2OS. The average Bonchev–Trinajstić information content (AvgIpc) is 3.14. The van der Waals surface area contributed by atoms with Crippen molar-refractivity contribution in [3.63, 3.8) is 0 Å². The Balaban J connectivity index is 1.87. The zero-order valence-corrected chi connectivity index (χ0v) is 17.4. The van der Waals surface area contributed by atoms with E-state index in [4.69, 9.17) is 0 Å². The number of aromatic nitrogens is 2. The molecule has 0 aliphatic rings. The smallest absolute Gasteiger partial charge is 0.396 e. The highest BCUT2D eigenvalue weighted by Crippen LogP contribution is 2.41. The molecule has 0 spiro atoms. The Hall–Kier alpha value is -2.77. The maximum Gasteiger partial charge on any atom is 0.416 e. The quantitative estimate of drug-likeness (QED) is 0.341. The molecule has 0 amide bonds. The molecule has 1 aromatic heterocycles. The second-order valence-corrected chi connectivity index (χ2v) is 8.30. The molecule has 1 N–H and O–H groups in total. The van der Waals surface area contributed by atoms with Crippen molar-refractivity contribution in [2.24, 2.45) is 0 Å². The summed E-state index contributed by atoms with van der Waals surface area (Å²) in [5, 5.41) is 9.16. The zero-order chi connectivity index (χ0) is 21.8. The maximum atomic E-state index is 13.3. The topological polar surface area (TPSA) is 38.0 Å². The van der Waals surface area contributed by atoms with Gasteiger partial charge in [-0.3, -0.25) is 0 Å². The van der Waals surface area contributed by atoms with Gasteiger partial charge in [0, 0.05) is 18.0 Å². The lowest BCUT2D eigenvalue weighted by molar-refractivity contribution is -0.137. The molecule has 0 saturated carbocycles. The minimum absolute atomic E-state index is 0.0123. The number of rotatable bonds is 7. The number of halogens is 3. The number of aryl methyl sites for hydroxylation is 1. The van der Waals surface area contributed by atoms with Gasteiger partial charge in [0.2, 0.25) is 0 Å². The van der Waals surface area contributed by atoms with Crippen LogP contribution < -0.4 is 0 Å². The molecule has 0 aliphatic carbocycles. The number of alkyl halides is 3. The van der Waals surface area contributed by atoms with E-state index < -0.39 is 11.7 Å². The molecule has 31 heavy (non-hydrogen) atoms. The first-order chi connectivity index (χ1) is 15.0. The van der Waals surface area contributed by atoms with Crippen molar-refractivity contribution in [1.29, 1.82) is 0 Å². The number of thioether (sulfide) groups is 1. The summed E-state index contributed by atoms with van der Waals surface area (Å²) < 4.78 is 41.7.